The Morgan fingerprint density at radius 1 is 1.11 bits per heavy atom. The van der Waals surface area contributed by atoms with Gasteiger partial charge in [-0.25, -0.2) is 4.39 Å². The third-order valence-electron chi connectivity index (χ3n) is 3.58. The van der Waals surface area contributed by atoms with Crippen molar-refractivity contribution in [2.24, 2.45) is 5.92 Å². The Morgan fingerprint density at radius 2 is 1.78 bits per heavy atom. The molecule has 0 saturated carbocycles. The molecule has 0 spiro atoms. The van der Waals surface area contributed by atoms with Gasteiger partial charge in [0.25, 0.3) is 0 Å². The number of hydrogen-bond donors (Lipinski definition) is 1. The van der Waals surface area contributed by atoms with Gasteiger partial charge in [-0.15, -0.1) is 0 Å². The molecule has 1 saturated heterocycles. The highest BCUT2D eigenvalue weighted by atomic mass is 19.1. The van der Waals surface area contributed by atoms with E-state index in [-0.39, 0.29) is 0 Å². The van der Waals surface area contributed by atoms with Crippen LogP contribution >= 0.6 is 0 Å². The van der Waals surface area contributed by atoms with E-state index in [1.54, 1.807) is 0 Å². The van der Waals surface area contributed by atoms with Crippen LogP contribution in [-0.4, -0.2) is 19.7 Å². The van der Waals surface area contributed by atoms with Gasteiger partial charge in [0.05, 0.1) is 6.61 Å². The average Bonchev–Trinajstić information content (AvgIpc) is 2.45. The standard InChI is InChI=1S/C15H22FNO/c16-11-14-1-3-15(4-2-14)12-18-10-7-13-5-8-17-9-6-13/h1-4,13,17H,5-12H2. The van der Waals surface area contributed by atoms with Crippen LogP contribution in [0.2, 0.25) is 0 Å². The van der Waals surface area contributed by atoms with Gasteiger partial charge in [0.2, 0.25) is 0 Å². The second kappa shape index (κ2) is 7.49. The summed E-state index contributed by atoms with van der Waals surface area (Å²) in [6.45, 7) is 3.37. The summed E-state index contributed by atoms with van der Waals surface area (Å²) in [5.74, 6) is 0.820. The highest BCUT2D eigenvalue weighted by molar-refractivity contribution is 5.21. The van der Waals surface area contributed by atoms with E-state index in [1.807, 2.05) is 24.3 Å². The fraction of sp³-hybridized carbons (Fsp3) is 0.600. The van der Waals surface area contributed by atoms with Crippen molar-refractivity contribution in [3.8, 4) is 0 Å². The first kappa shape index (κ1) is 13.5. The predicted octanol–water partition coefficient (Wildman–Crippen LogP) is 3.06. The molecule has 2 rings (SSSR count). The first-order valence-corrected chi connectivity index (χ1v) is 6.80. The number of ether oxygens (including phenoxy) is 1. The number of alkyl halides is 1. The van der Waals surface area contributed by atoms with Crippen molar-refractivity contribution in [2.75, 3.05) is 19.7 Å². The number of benzene rings is 1. The molecular weight excluding hydrogens is 229 g/mol. The van der Waals surface area contributed by atoms with E-state index < -0.39 is 6.67 Å². The predicted molar refractivity (Wildman–Crippen MR) is 71.1 cm³/mol. The van der Waals surface area contributed by atoms with Crippen molar-refractivity contribution in [2.45, 2.75) is 32.5 Å². The van der Waals surface area contributed by atoms with Crippen molar-refractivity contribution in [3.63, 3.8) is 0 Å². The van der Waals surface area contributed by atoms with Gasteiger partial charge in [-0.2, -0.15) is 0 Å². The topological polar surface area (TPSA) is 21.3 Å². The molecule has 1 aliphatic heterocycles. The van der Waals surface area contributed by atoms with Crippen LogP contribution in [0.15, 0.2) is 24.3 Å². The molecule has 0 aromatic heterocycles. The zero-order valence-corrected chi connectivity index (χ0v) is 10.8. The van der Waals surface area contributed by atoms with Gasteiger partial charge >= 0.3 is 0 Å². The van der Waals surface area contributed by atoms with Crippen LogP contribution in [0.25, 0.3) is 0 Å². The van der Waals surface area contributed by atoms with Crippen LogP contribution in [0.4, 0.5) is 4.39 Å². The van der Waals surface area contributed by atoms with Crippen LogP contribution < -0.4 is 5.32 Å². The molecule has 2 nitrogen and oxygen atoms in total. The van der Waals surface area contributed by atoms with Crippen molar-refractivity contribution >= 4 is 0 Å². The molecule has 1 aromatic carbocycles. The summed E-state index contributed by atoms with van der Waals surface area (Å²) in [6, 6.07) is 7.54. The molecule has 18 heavy (non-hydrogen) atoms. The maximum Gasteiger partial charge on any atom is 0.115 e. The Bertz CT molecular complexity index is 333. The Hall–Kier alpha value is -0.930. The third-order valence-corrected chi connectivity index (χ3v) is 3.58. The van der Waals surface area contributed by atoms with Gasteiger partial charge in [0, 0.05) is 6.61 Å². The highest BCUT2D eigenvalue weighted by Gasteiger charge is 2.12. The Kier molecular flexibility index (Phi) is 5.62. The van der Waals surface area contributed by atoms with Crippen LogP contribution in [-0.2, 0) is 18.0 Å². The molecule has 1 N–H and O–H groups in total. The largest absolute Gasteiger partial charge is 0.377 e. The molecule has 0 amide bonds. The summed E-state index contributed by atoms with van der Waals surface area (Å²) < 4.78 is 18.0. The van der Waals surface area contributed by atoms with E-state index in [9.17, 15) is 4.39 Å². The zero-order chi connectivity index (χ0) is 12.6. The summed E-state index contributed by atoms with van der Waals surface area (Å²) in [4.78, 5) is 0. The van der Waals surface area contributed by atoms with Crippen LogP contribution in [0.5, 0.6) is 0 Å². The van der Waals surface area contributed by atoms with E-state index in [0.29, 0.717) is 6.61 Å². The van der Waals surface area contributed by atoms with E-state index in [2.05, 4.69) is 5.32 Å². The Labute approximate surface area is 109 Å². The Balaban J connectivity index is 1.62. The second-order valence-electron chi connectivity index (χ2n) is 4.98. The lowest BCUT2D eigenvalue weighted by Gasteiger charge is -2.22. The molecule has 1 fully saturated rings. The molecule has 3 heteroatoms. The summed E-state index contributed by atoms with van der Waals surface area (Å²) in [5.41, 5.74) is 1.85. The number of halogens is 1. The SMILES string of the molecule is FCc1ccc(COCCC2CCNCC2)cc1. The summed E-state index contributed by atoms with van der Waals surface area (Å²) in [7, 11) is 0. The monoisotopic (exact) mass is 251 g/mol. The second-order valence-corrected chi connectivity index (χ2v) is 4.98. The summed E-state index contributed by atoms with van der Waals surface area (Å²) in [6.07, 6.45) is 3.70. The van der Waals surface area contributed by atoms with Gasteiger partial charge < -0.3 is 10.1 Å². The van der Waals surface area contributed by atoms with Crippen molar-refractivity contribution in [3.05, 3.63) is 35.4 Å². The molecule has 1 heterocycles. The van der Waals surface area contributed by atoms with E-state index in [1.165, 1.54) is 12.8 Å². The third kappa shape index (κ3) is 4.39. The van der Waals surface area contributed by atoms with Crippen LogP contribution in [0.3, 0.4) is 0 Å². The number of piperidine rings is 1. The van der Waals surface area contributed by atoms with E-state index in [0.717, 1.165) is 43.2 Å². The minimum absolute atomic E-state index is 0.392. The minimum atomic E-state index is -0.392. The fourth-order valence-corrected chi connectivity index (χ4v) is 2.33. The van der Waals surface area contributed by atoms with Crippen molar-refractivity contribution in [1.82, 2.24) is 5.32 Å². The van der Waals surface area contributed by atoms with Gasteiger partial charge in [0.1, 0.15) is 6.67 Å². The Morgan fingerprint density at radius 3 is 2.44 bits per heavy atom. The maximum atomic E-state index is 12.3. The minimum Gasteiger partial charge on any atom is -0.377 e. The molecular formula is C15H22FNO. The number of hydrogen-bond acceptors (Lipinski definition) is 2. The number of rotatable bonds is 6. The molecule has 1 aromatic rings. The van der Waals surface area contributed by atoms with Gasteiger partial charge in [-0.3, -0.25) is 0 Å². The summed E-state index contributed by atoms with van der Waals surface area (Å²) >= 11 is 0. The van der Waals surface area contributed by atoms with E-state index in [4.69, 9.17) is 4.74 Å². The fourth-order valence-electron chi connectivity index (χ4n) is 2.33. The molecule has 0 radical (unpaired) electrons. The molecule has 0 unspecified atom stereocenters. The maximum absolute atomic E-state index is 12.3. The van der Waals surface area contributed by atoms with Crippen molar-refractivity contribution < 1.29 is 9.13 Å². The first-order valence-electron chi connectivity index (χ1n) is 6.80. The molecule has 100 valence electrons. The van der Waals surface area contributed by atoms with Crippen LogP contribution in [0.1, 0.15) is 30.4 Å². The summed E-state index contributed by atoms with van der Waals surface area (Å²) in [5, 5.41) is 3.37. The molecule has 0 atom stereocenters. The van der Waals surface area contributed by atoms with Crippen LogP contribution in [0, 0.1) is 5.92 Å². The average molecular weight is 251 g/mol. The van der Waals surface area contributed by atoms with Gasteiger partial charge in [-0.05, 0) is 49.4 Å². The molecule has 0 aliphatic carbocycles. The highest BCUT2D eigenvalue weighted by Crippen LogP contribution is 2.16. The van der Waals surface area contributed by atoms with Crippen molar-refractivity contribution in [1.29, 1.82) is 0 Å². The first-order chi connectivity index (χ1) is 8.88. The van der Waals surface area contributed by atoms with Gasteiger partial charge in [-0.1, -0.05) is 24.3 Å². The normalized spacial score (nSPS) is 16.9. The lowest BCUT2D eigenvalue weighted by atomic mass is 9.95. The quantitative estimate of drug-likeness (QED) is 0.785. The smallest absolute Gasteiger partial charge is 0.115 e. The number of nitrogens with one attached hydrogen (secondary N) is 1. The molecule has 0 bridgehead atoms. The zero-order valence-electron chi connectivity index (χ0n) is 10.8. The lowest BCUT2D eigenvalue weighted by Crippen LogP contribution is -2.28. The lowest BCUT2D eigenvalue weighted by molar-refractivity contribution is 0.103. The van der Waals surface area contributed by atoms with Gasteiger partial charge in [0.15, 0.2) is 0 Å². The van der Waals surface area contributed by atoms with E-state index >= 15 is 0 Å². The molecule has 1 aliphatic rings.